The van der Waals surface area contributed by atoms with Crippen molar-refractivity contribution in [2.75, 3.05) is 6.54 Å². The molecule has 6 nitrogen and oxygen atoms in total. The molecule has 7 heteroatoms. The van der Waals surface area contributed by atoms with Crippen molar-refractivity contribution < 1.29 is 8.42 Å². The topological polar surface area (TPSA) is 96.6 Å². The van der Waals surface area contributed by atoms with Crippen LogP contribution in [0, 0.1) is 0 Å². The molecule has 22 heavy (non-hydrogen) atoms. The van der Waals surface area contributed by atoms with Crippen molar-refractivity contribution in [3.8, 4) is 0 Å². The third-order valence-corrected chi connectivity index (χ3v) is 4.33. The van der Waals surface area contributed by atoms with Crippen molar-refractivity contribution >= 4 is 16.0 Å². The van der Waals surface area contributed by atoms with E-state index < -0.39 is 10.0 Å². The Kier molecular flexibility index (Phi) is 7.34. The molecule has 124 valence electrons. The van der Waals surface area contributed by atoms with Crippen molar-refractivity contribution in [1.82, 2.24) is 10.0 Å². The summed E-state index contributed by atoms with van der Waals surface area (Å²) < 4.78 is 26.3. The number of hydrogen-bond donors (Lipinski definition) is 3. The summed E-state index contributed by atoms with van der Waals surface area (Å²) in [7, 11) is -3.29. The minimum Gasteiger partial charge on any atom is -0.370 e. The lowest BCUT2D eigenvalue weighted by molar-refractivity contribution is 0.569. The van der Waals surface area contributed by atoms with Crippen molar-refractivity contribution in [1.29, 1.82) is 0 Å². The second-order valence-electron chi connectivity index (χ2n) is 5.48. The first-order chi connectivity index (χ1) is 10.3. The molecule has 0 atom stereocenters. The van der Waals surface area contributed by atoms with Gasteiger partial charge in [-0.05, 0) is 31.4 Å². The van der Waals surface area contributed by atoms with Gasteiger partial charge in [0, 0.05) is 12.6 Å². The number of benzene rings is 1. The molecule has 0 saturated heterocycles. The van der Waals surface area contributed by atoms with Crippen LogP contribution in [0.5, 0.6) is 0 Å². The molecular weight excluding hydrogens is 300 g/mol. The van der Waals surface area contributed by atoms with Crippen LogP contribution in [0.3, 0.4) is 0 Å². The van der Waals surface area contributed by atoms with E-state index in [0.29, 0.717) is 12.5 Å². The maximum atomic E-state index is 11.9. The molecule has 0 aliphatic heterocycles. The molecular formula is C15H26N4O2S. The highest BCUT2D eigenvalue weighted by atomic mass is 32.2. The monoisotopic (exact) mass is 326 g/mol. The van der Waals surface area contributed by atoms with E-state index in [1.165, 1.54) is 0 Å². The summed E-state index contributed by atoms with van der Waals surface area (Å²) in [6.45, 7) is 6.93. The Morgan fingerprint density at radius 2 is 1.82 bits per heavy atom. The van der Waals surface area contributed by atoms with E-state index in [9.17, 15) is 8.42 Å². The highest BCUT2D eigenvalue weighted by Crippen LogP contribution is 2.09. The van der Waals surface area contributed by atoms with Crippen LogP contribution in [0.15, 0.2) is 29.3 Å². The van der Waals surface area contributed by atoms with Crippen LogP contribution >= 0.6 is 0 Å². The Balaban J connectivity index is 2.60. The van der Waals surface area contributed by atoms with Crippen LogP contribution in [-0.4, -0.2) is 27.0 Å². The maximum Gasteiger partial charge on any atom is 0.216 e. The zero-order valence-corrected chi connectivity index (χ0v) is 14.3. The second kappa shape index (κ2) is 8.75. The van der Waals surface area contributed by atoms with Gasteiger partial charge >= 0.3 is 0 Å². The summed E-state index contributed by atoms with van der Waals surface area (Å²) in [5.74, 6) is 0.407. The predicted molar refractivity (Wildman–Crippen MR) is 91.0 cm³/mol. The van der Waals surface area contributed by atoms with E-state index in [1.807, 2.05) is 12.1 Å². The first kappa shape index (κ1) is 18.4. The number of hydrogen-bond acceptors (Lipinski definition) is 3. The van der Waals surface area contributed by atoms with Crippen molar-refractivity contribution in [2.24, 2.45) is 10.7 Å². The van der Waals surface area contributed by atoms with Gasteiger partial charge in [0.25, 0.3) is 0 Å². The SMILES string of the molecule is CCCNC(N)=NCc1ccc(CS(=O)(=O)NC(C)C)cc1. The number of rotatable bonds is 8. The van der Waals surface area contributed by atoms with Gasteiger partial charge in [-0.3, -0.25) is 0 Å². The standard InChI is InChI=1S/C15H26N4O2S/c1-4-9-17-15(16)18-10-13-5-7-14(8-6-13)11-22(20,21)19-12(2)3/h5-8,12,19H,4,9-11H2,1-3H3,(H3,16,17,18). The fourth-order valence-corrected chi connectivity index (χ4v) is 3.28. The molecule has 0 saturated carbocycles. The van der Waals surface area contributed by atoms with Crippen LogP contribution in [0.1, 0.15) is 38.3 Å². The van der Waals surface area contributed by atoms with E-state index in [2.05, 4.69) is 22.0 Å². The van der Waals surface area contributed by atoms with E-state index in [0.717, 1.165) is 24.1 Å². The van der Waals surface area contributed by atoms with Crippen molar-refractivity contribution in [3.63, 3.8) is 0 Å². The Labute approximate surface area is 133 Å². The van der Waals surface area contributed by atoms with E-state index in [-0.39, 0.29) is 11.8 Å². The maximum absolute atomic E-state index is 11.9. The highest BCUT2D eigenvalue weighted by molar-refractivity contribution is 7.88. The molecule has 0 radical (unpaired) electrons. The quantitative estimate of drug-likeness (QED) is 0.496. The Bertz CT molecular complexity index is 580. The molecule has 0 bridgehead atoms. The molecule has 4 N–H and O–H groups in total. The van der Waals surface area contributed by atoms with Crippen LogP contribution in [-0.2, 0) is 22.3 Å². The largest absolute Gasteiger partial charge is 0.370 e. The van der Waals surface area contributed by atoms with Gasteiger partial charge < -0.3 is 11.1 Å². The van der Waals surface area contributed by atoms with Gasteiger partial charge in [-0.15, -0.1) is 0 Å². The zero-order valence-electron chi connectivity index (χ0n) is 13.5. The Morgan fingerprint density at radius 3 is 2.36 bits per heavy atom. The van der Waals surface area contributed by atoms with Gasteiger partial charge in [0.2, 0.25) is 10.0 Å². The normalized spacial score (nSPS) is 12.6. The van der Waals surface area contributed by atoms with Gasteiger partial charge in [0.05, 0.1) is 12.3 Å². The Hall–Kier alpha value is -1.60. The van der Waals surface area contributed by atoms with E-state index >= 15 is 0 Å². The summed E-state index contributed by atoms with van der Waals surface area (Å²) in [5, 5.41) is 3.00. The summed E-state index contributed by atoms with van der Waals surface area (Å²) >= 11 is 0. The fraction of sp³-hybridized carbons (Fsp3) is 0.533. The molecule has 0 aromatic heterocycles. The minimum absolute atomic E-state index is 0.0189. The van der Waals surface area contributed by atoms with Gasteiger partial charge in [0.1, 0.15) is 0 Å². The van der Waals surface area contributed by atoms with Crippen molar-refractivity contribution in [3.05, 3.63) is 35.4 Å². The lowest BCUT2D eigenvalue weighted by Crippen LogP contribution is -2.32. The number of nitrogens with one attached hydrogen (secondary N) is 2. The van der Waals surface area contributed by atoms with Crippen LogP contribution < -0.4 is 15.8 Å². The number of nitrogens with zero attached hydrogens (tertiary/aromatic N) is 1. The van der Waals surface area contributed by atoms with E-state index in [4.69, 9.17) is 5.73 Å². The molecule has 0 amide bonds. The molecule has 0 heterocycles. The molecule has 0 unspecified atom stereocenters. The number of guanidine groups is 1. The first-order valence-corrected chi connectivity index (χ1v) is 9.09. The summed E-state index contributed by atoms with van der Waals surface area (Å²) in [4.78, 5) is 4.23. The highest BCUT2D eigenvalue weighted by Gasteiger charge is 2.12. The average molecular weight is 326 g/mol. The van der Waals surface area contributed by atoms with Gasteiger partial charge in [0.15, 0.2) is 5.96 Å². The lowest BCUT2D eigenvalue weighted by Gasteiger charge is -2.09. The smallest absolute Gasteiger partial charge is 0.216 e. The average Bonchev–Trinajstić information content (AvgIpc) is 2.42. The molecule has 0 aliphatic carbocycles. The third-order valence-electron chi connectivity index (χ3n) is 2.78. The third kappa shape index (κ3) is 7.42. The van der Waals surface area contributed by atoms with Crippen LogP contribution in [0.2, 0.25) is 0 Å². The predicted octanol–water partition coefficient (Wildman–Crippen LogP) is 1.33. The van der Waals surface area contributed by atoms with Gasteiger partial charge in [-0.1, -0.05) is 31.2 Å². The van der Waals surface area contributed by atoms with Crippen LogP contribution in [0.25, 0.3) is 0 Å². The molecule has 0 spiro atoms. The fourth-order valence-electron chi connectivity index (χ4n) is 1.85. The van der Waals surface area contributed by atoms with E-state index in [1.54, 1.807) is 26.0 Å². The minimum atomic E-state index is -3.29. The summed E-state index contributed by atoms with van der Waals surface area (Å²) in [6.07, 6.45) is 0.990. The van der Waals surface area contributed by atoms with Gasteiger partial charge in [-0.2, -0.15) is 0 Å². The first-order valence-electron chi connectivity index (χ1n) is 7.44. The summed E-state index contributed by atoms with van der Waals surface area (Å²) in [5.41, 5.74) is 7.45. The Morgan fingerprint density at radius 1 is 1.23 bits per heavy atom. The number of sulfonamides is 1. The zero-order chi connectivity index (χ0) is 16.6. The molecule has 0 aliphatic rings. The van der Waals surface area contributed by atoms with Crippen LogP contribution in [0.4, 0.5) is 0 Å². The van der Waals surface area contributed by atoms with Gasteiger partial charge in [-0.25, -0.2) is 18.1 Å². The lowest BCUT2D eigenvalue weighted by atomic mass is 10.1. The number of aliphatic imine (C=N–C) groups is 1. The van der Waals surface area contributed by atoms with Crippen molar-refractivity contribution in [2.45, 2.75) is 45.5 Å². The second-order valence-corrected chi connectivity index (χ2v) is 7.23. The molecule has 0 fully saturated rings. The molecule has 1 rings (SSSR count). The molecule has 1 aromatic rings. The summed E-state index contributed by atoms with van der Waals surface area (Å²) in [6, 6.07) is 7.26. The number of nitrogens with two attached hydrogens (primary N) is 1. The molecule has 1 aromatic carbocycles.